The second kappa shape index (κ2) is 6.34. The van der Waals surface area contributed by atoms with E-state index in [0.717, 1.165) is 0 Å². The Morgan fingerprint density at radius 2 is 1.95 bits per heavy atom. The lowest BCUT2D eigenvalue weighted by Gasteiger charge is -2.11. The summed E-state index contributed by atoms with van der Waals surface area (Å²) >= 11 is 0. The van der Waals surface area contributed by atoms with Gasteiger partial charge in [-0.05, 0) is 30.3 Å². The van der Waals surface area contributed by atoms with Crippen molar-refractivity contribution in [2.75, 3.05) is 12.4 Å². The number of benzene rings is 1. The Labute approximate surface area is 127 Å². The monoisotopic (exact) mass is 303 g/mol. The normalized spacial score (nSPS) is 10.5. The molecule has 2 N–H and O–H groups in total. The highest BCUT2D eigenvalue weighted by Gasteiger charge is 2.15. The number of carboxylic acid groups (broad SMARTS) is 1. The van der Waals surface area contributed by atoms with E-state index in [2.05, 4.69) is 5.32 Å². The standard InChI is InChI=1S/C16H17NO5/c1-9(2)15(18)17-10-4-5-12(21-3)11(8-10)13-6-7-14(22-13)16(19)20/h4-9H,1-3H3,(H,17,18)(H,19,20). The minimum absolute atomic E-state index is 0.109. The quantitative estimate of drug-likeness (QED) is 0.885. The number of furan rings is 1. The van der Waals surface area contributed by atoms with Gasteiger partial charge >= 0.3 is 5.97 Å². The molecule has 2 rings (SSSR count). The fraction of sp³-hybridized carbons (Fsp3) is 0.250. The van der Waals surface area contributed by atoms with Gasteiger partial charge in [0.2, 0.25) is 11.7 Å². The molecule has 6 heteroatoms. The van der Waals surface area contributed by atoms with Crippen molar-refractivity contribution in [2.45, 2.75) is 13.8 Å². The van der Waals surface area contributed by atoms with Crippen molar-refractivity contribution in [1.29, 1.82) is 0 Å². The van der Waals surface area contributed by atoms with Gasteiger partial charge in [-0.15, -0.1) is 0 Å². The SMILES string of the molecule is COc1ccc(NC(=O)C(C)C)cc1-c1ccc(C(=O)O)o1. The van der Waals surface area contributed by atoms with Gasteiger partial charge in [-0.25, -0.2) is 4.79 Å². The van der Waals surface area contributed by atoms with Gasteiger partial charge in [-0.1, -0.05) is 13.8 Å². The van der Waals surface area contributed by atoms with Gasteiger partial charge in [-0.2, -0.15) is 0 Å². The maximum absolute atomic E-state index is 11.8. The summed E-state index contributed by atoms with van der Waals surface area (Å²) in [6.45, 7) is 3.59. The molecular formula is C16H17NO5. The summed E-state index contributed by atoms with van der Waals surface area (Å²) in [6.07, 6.45) is 0. The number of carbonyl (C=O) groups is 2. The predicted octanol–water partition coefficient (Wildman–Crippen LogP) is 3.25. The number of nitrogens with one attached hydrogen (secondary N) is 1. The van der Waals surface area contributed by atoms with E-state index in [1.54, 1.807) is 38.1 Å². The first-order valence-electron chi connectivity index (χ1n) is 6.74. The Balaban J connectivity index is 2.39. The number of rotatable bonds is 5. The van der Waals surface area contributed by atoms with Crippen LogP contribution in [0, 0.1) is 5.92 Å². The molecule has 1 amide bonds. The van der Waals surface area contributed by atoms with Crippen molar-refractivity contribution < 1.29 is 23.8 Å². The third kappa shape index (κ3) is 3.28. The van der Waals surface area contributed by atoms with Crippen molar-refractivity contribution >= 4 is 17.6 Å². The van der Waals surface area contributed by atoms with E-state index < -0.39 is 5.97 Å². The lowest BCUT2D eigenvalue weighted by Crippen LogP contribution is -2.17. The molecule has 1 aromatic heterocycles. The van der Waals surface area contributed by atoms with Crippen LogP contribution in [-0.2, 0) is 4.79 Å². The third-order valence-corrected chi connectivity index (χ3v) is 3.07. The summed E-state index contributed by atoms with van der Waals surface area (Å²) in [7, 11) is 1.51. The topological polar surface area (TPSA) is 88.8 Å². The highest BCUT2D eigenvalue weighted by Crippen LogP contribution is 2.33. The van der Waals surface area contributed by atoms with E-state index in [-0.39, 0.29) is 17.6 Å². The predicted molar refractivity (Wildman–Crippen MR) is 81.1 cm³/mol. The van der Waals surface area contributed by atoms with Gasteiger partial charge in [0.25, 0.3) is 0 Å². The van der Waals surface area contributed by atoms with Crippen molar-refractivity contribution in [1.82, 2.24) is 0 Å². The second-order valence-electron chi connectivity index (χ2n) is 5.03. The minimum atomic E-state index is -1.14. The number of aromatic carboxylic acids is 1. The number of methoxy groups -OCH3 is 1. The van der Waals surface area contributed by atoms with Crippen molar-refractivity contribution in [2.24, 2.45) is 5.92 Å². The number of carboxylic acids is 1. The maximum Gasteiger partial charge on any atom is 0.371 e. The van der Waals surface area contributed by atoms with Gasteiger partial charge in [0.15, 0.2) is 0 Å². The van der Waals surface area contributed by atoms with Gasteiger partial charge in [0.1, 0.15) is 11.5 Å². The Morgan fingerprint density at radius 1 is 1.23 bits per heavy atom. The van der Waals surface area contributed by atoms with Crippen LogP contribution in [0.25, 0.3) is 11.3 Å². The van der Waals surface area contributed by atoms with E-state index >= 15 is 0 Å². The largest absolute Gasteiger partial charge is 0.496 e. The fourth-order valence-corrected chi connectivity index (χ4v) is 1.86. The van der Waals surface area contributed by atoms with Crippen LogP contribution < -0.4 is 10.1 Å². The Kier molecular flexibility index (Phi) is 4.50. The van der Waals surface area contributed by atoms with Crippen molar-refractivity contribution in [3.05, 3.63) is 36.1 Å². The number of anilines is 1. The van der Waals surface area contributed by atoms with Crippen LogP contribution in [0.5, 0.6) is 5.75 Å². The molecule has 6 nitrogen and oxygen atoms in total. The summed E-state index contributed by atoms with van der Waals surface area (Å²) in [5, 5.41) is 11.7. The highest BCUT2D eigenvalue weighted by molar-refractivity contribution is 5.93. The molecule has 1 aromatic carbocycles. The molecule has 22 heavy (non-hydrogen) atoms. The Morgan fingerprint density at radius 3 is 2.50 bits per heavy atom. The molecule has 0 saturated carbocycles. The van der Waals surface area contributed by atoms with E-state index in [0.29, 0.717) is 22.8 Å². The van der Waals surface area contributed by atoms with Crippen LogP contribution in [0.15, 0.2) is 34.7 Å². The minimum Gasteiger partial charge on any atom is -0.496 e. The molecule has 0 atom stereocenters. The van der Waals surface area contributed by atoms with E-state index in [4.69, 9.17) is 14.3 Å². The first-order valence-corrected chi connectivity index (χ1v) is 6.74. The molecule has 2 aromatic rings. The Hall–Kier alpha value is -2.76. The number of amides is 1. The molecule has 1 heterocycles. The molecule has 0 fully saturated rings. The molecule has 0 aliphatic rings. The van der Waals surface area contributed by atoms with Crippen molar-refractivity contribution in [3.63, 3.8) is 0 Å². The second-order valence-corrected chi connectivity index (χ2v) is 5.03. The summed E-state index contributed by atoms with van der Waals surface area (Å²) in [5.41, 5.74) is 1.15. The molecule has 0 aliphatic heterocycles. The molecule has 0 aliphatic carbocycles. The average Bonchev–Trinajstić information content (AvgIpc) is 2.97. The fourth-order valence-electron chi connectivity index (χ4n) is 1.86. The lowest BCUT2D eigenvalue weighted by atomic mass is 10.1. The molecule has 0 unspecified atom stereocenters. The summed E-state index contributed by atoms with van der Waals surface area (Å²) in [4.78, 5) is 22.7. The lowest BCUT2D eigenvalue weighted by molar-refractivity contribution is -0.118. The molecule has 0 radical (unpaired) electrons. The van der Waals surface area contributed by atoms with Gasteiger partial charge < -0.3 is 19.6 Å². The number of hydrogen-bond donors (Lipinski definition) is 2. The van der Waals surface area contributed by atoms with E-state index in [1.807, 2.05) is 0 Å². The van der Waals surface area contributed by atoms with E-state index in [1.165, 1.54) is 13.2 Å². The van der Waals surface area contributed by atoms with Gasteiger partial charge in [0.05, 0.1) is 12.7 Å². The molecular weight excluding hydrogens is 286 g/mol. The molecule has 0 saturated heterocycles. The van der Waals surface area contributed by atoms with E-state index in [9.17, 15) is 9.59 Å². The first-order chi connectivity index (χ1) is 10.4. The van der Waals surface area contributed by atoms with Crippen LogP contribution in [0.2, 0.25) is 0 Å². The zero-order valence-corrected chi connectivity index (χ0v) is 12.5. The summed E-state index contributed by atoms with van der Waals surface area (Å²) in [5.74, 6) is -0.679. The third-order valence-electron chi connectivity index (χ3n) is 3.07. The molecule has 0 spiro atoms. The summed E-state index contributed by atoms with van der Waals surface area (Å²) < 4.78 is 10.5. The van der Waals surface area contributed by atoms with Crippen LogP contribution in [-0.4, -0.2) is 24.1 Å². The van der Waals surface area contributed by atoms with Gasteiger partial charge in [-0.3, -0.25) is 4.79 Å². The number of hydrogen-bond acceptors (Lipinski definition) is 4. The van der Waals surface area contributed by atoms with Crippen LogP contribution in [0.4, 0.5) is 5.69 Å². The number of ether oxygens (including phenoxy) is 1. The van der Waals surface area contributed by atoms with Crippen LogP contribution in [0.1, 0.15) is 24.4 Å². The Bertz CT molecular complexity index is 702. The molecule has 116 valence electrons. The first kappa shape index (κ1) is 15.6. The highest BCUT2D eigenvalue weighted by atomic mass is 16.5. The average molecular weight is 303 g/mol. The zero-order chi connectivity index (χ0) is 16.3. The van der Waals surface area contributed by atoms with Crippen LogP contribution in [0.3, 0.4) is 0 Å². The summed E-state index contributed by atoms with van der Waals surface area (Å²) in [6, 6.07) is 8.01. The van der Waals surface area contributed by atoms with Crippen molar-refractivity contribution in [3.8, 4) is 17.1 Å². The smallest absolute Gasteiger partial charge is 0.371 e. The maximum atomic E-state index is 11.8. The van der Waals surface area contributed by atoms with Gasteiger partial charge in [0, 0.05) is 11.6 Å². The zero-order valence-electron chi connectivity index (χ0n) is 12.5. The number of carbonyl (C=O) groups excluding carboxylic acids is 1. The van der Waals surface area contributed by atoms with Crippen LogP contribution >= 0.6 is 0 Å². The molecule has 0 bridgehead atoms.